The van der Waals surface area contributed by atoms with Gasteiger partial charge in [0.05, 0.1) is 11.6 Å². The molecule has 0 amide bonds. The van der Waals surface area contributed by atoms with Crippen molar-refractivity contribution in [1.82, 2.24) is 0 Å². The first-order chi connectivity index (χ1) is 10.2. The average molecular weight is 301 g/mol. The summed E-state index contributed by atoms with van der Waals surface area (Å²) in [6, 6.07) is 14.6. The van der Waals surface area contributed by atoms with Crippen LogP contribution in [0.5, 0.6) is 5.75 Å². The molecule has 0 aliphatic carbocycles. The van der Waals surface area contributed by atoms with Crippen molar-refractivity contribution in [1.29, 1.82) is 0 Å². The smallest absolute Gasteiger partial charge is 0.336 e. The Balaban J connectivity index is 2.31. The van der Waals surface area contributed by atoms with E-state index in [1.807, 2.05) is 37.3 Å². The van der Waals surface area contributed by atoms with E-state index in [4.69, 9.17) is 20.8 Å². The molecule has 3 aromatic rings. The molecule has 0 radical (unpaired) electrons. The highest BCUT2D eigenvalue weighted by Gasteiger charge is 2.12. The minimum absolute atomic E-state index is 0.397. The molecule has 0 aliphatic heterocycles. The fourth-order valence-corrected chi connectivity index (χ4v) is 2.50. The van der Waals surface area contributed by atoms with Gasteiger partial charge < -0.3 is 9.15 Å². The van der Waals surface area contributed by atoms with E-state index in [9.17, 15) is 4.79 Å². The summed E-state index contributed by atoms with van der Waals surface area (Å²) in [4.78, 5) is 11.8. The summed E-state index contributed by atoms with van der Waals surface area (Å²) in [6.45, 7) is 2.37. The molecule has 0 N–H and O–H groups in total. The van der Waals surface area contributed by atoms with Crippen LogP contribution in [0.3, 0.4) is 0 Å². The van der Waals surface area contributed by atoms with Gasteiger partial charge in [-0.15, -0.1) is 0 Å². The van der Waals surface area contributed by atoms with E-state index in [1.165, 1.54) is 6.07 Å². The Morgan fingerprint density at radius 3 is 2.62 bits per heavy atom. The Morgan fingerprint density at radius 2 is 1.90 bits per heavy atom. The van der Waals surface area contributed by atoms with Gasteiger partial charge >= 0.3 is 5.63 Å². The Labute approximate surface area is 126 Å². The Morgan fingerprint density at radius 1 is 1.14 bits per heavy atom. The zero-order valence-electron chi connectivity index (χ0n) is 11.4. The lowest BCUT2D eigenvalue weighted by molar-refractivity contribution is 0.340. The van der Waals surface area contributed by atoms with Gasteiger partial charge in [-0.1, -0.05) is 41.9 Å². The second-order valence-electron chi connectivity index (χ2n) is 4.56. The molecule has 0 spiro atoms. The van der Waals surface area contributed by atoms with Gasteiger partial charge in [-0.2, -0.15) is 0 Å². The third kappa shape index (κ3) is 2.65. The van der Waals surface area contributed by atoms with Crippen molar-refractivity contribution in [3.05, 3.63) is 64.0 Å². The van der Waals surface area contributed by atoms with E-state index in [0.29, 0.717) is 23.0 Å². The molecule has 1 aromatic heterocycles. The van der Waals surface area contributed by atoms with Crippen LogP contribution in [0, 0.1) is 0 Å². The molecular formula is C17H13ClO3. The molecule has 3 nitrogen and oxygen atoms in total. The quantitative estimate of drug-likeness (QED) is 0.668. The standard InChI is InChI=1S/C17H13ClO3/c1-2-20-16-10-15-13(8-14(16)18)12(9-17(19)21-15)11-6-4-3-5-7-11/h3-10H,2H2,1H3. The van der Waals surface area contributed by atoms with Crippen LogP contribution in [0.15, 0.2) is 57.7 Å². The highest BCUT2D eigenvalue weighted by atomic mass is 35.5. The summed E-state index contributed by atoms with van der Waals surface area (Å²) in [6.07, 6.45) is 0. The van der Waals surface area contributed by atoms with Crippen molar-refractivity contribution in [2.45, 2.75) is 6.92 Å². The van der Waals surface area contributed by atoms with Crippen LogP contribution < -0.4 is 10.4 Å². The first-order valence-corrected chi connectivity index (χ1v) is 7.02. The largest absolute Gasteiger partial charge is 0.492 e. The second kappa shape index (κ2) is 5.62. The van der Waals surface area contributed by atoms with Crippen molar-refractivity contribution in [3.63, 3.8) is 0 Å². The van der Waals surface area contributed by atoms with Gasteiger partial charge in [-0.25, -0.2) is 4.79 Å². The van der Waals surface area contributed by atoms with E-state index < -0.39 is 5.63 Å². The second-order valence-corrected chi connectivity index (χ2v) is 4.96. The number of hydrogen-bond donors (Lipinski definition) is 0. The number of ether oxygens (including phenoxy) is 1. The predicted octanol–water partition coefficient (Wildman–Crippen LogP) is 4.51. The van der Waals surface area contributed by atoms with Crippen LogP contribution in [-0.2, 0) is 0 Å². The Kier molecular flexibility index (Phi) is 3.67. The third-order valence-corrected chi connectivity index (χ3v) is 3.48. The van der Waals surface area contributed by atoms with Gasteiger partial charge in [-0.3, -0.25) is 0 Å². The summed E-state index contributed by atoms with van der Waals surface area (Å²) >= 11 is 6.24. The highest BCUT2D eigenvalue weighted by Crippen LogP contribution is 2.34. The lowest BCUT2D eigenvalue weighted by atomic mass is 10.0. The normalized spacial score (nSPS) is 10.8. The highest BCUT2D eigenvalue weighted by molar-refractivity contribution is 6.33. The zero-order chi connectivity index (χ0) is 14.8. The molecular weight excluding hydrogens is 288 g/mol. The van der Waals surface area contributed by atoms with Crippen molar-refractivity contribution in [2.75, 3.05) is 6.61 Å². The van der Waals surface area contributed by atoms with Crippen LogP contribution in [0.2, 0.25) is 5.02 Å². The fourth-order valence-electron chi connectivity index (χ4n) is 2.29. The monoisotopic (exact) mass is 300 g/mol. The van der Waals surface area contributed by atoms with Crippen LogP contribution in [0.4, 0.5) is 0 Å². The van der Waals surface area contributed by atoms with E-state index in [0.717, 1.165) is 16.5 Å². The predicted molar refractivity (Wildman–Crippen MR) is 84.1 cm³/mol. The van der Waals surface area contributed by atoms with Gasteiger partial charge in [0.25, 0.3) is 0 Å². The van der Waals surface area contributed by atoms with Crippen LogP contribution in [0.25, 0.3) is 22.1 Å². The van der Waals surface area contributed by atoms with Crippen molar-refractivity contribution < 1.29 is 9.15 Å². The summed E-state index contributed by atoms with van der Waals surface area (Å²) in [5, 5.41) is 1.28. The van der Waals surface area contributed by atoms with E-state index in [-0.39, 0.29) is 0 Å². The topological polar surface area (TPSA) is 39.4 Å². The van der Waals surface area contributed by atoms with Gasteiger partial charge in [-0.05, 0) is 24.1 Å². The summed E-state index contributed by atoms with van der Waals surface area (Å²) < 4.78 is 10.7. The molecule has 0 aliphatic rings. The lowest BCUT2D eigenvalue weighted by Gasteiger charge is -2.09. The molecule has 0 atom stereocenters. The Bertz CT molecular complexity index is 838. The molecule has 0 saturated carbocycles. The first-order valence-electron chi connectivity index (χ1n) is 6.64. The maximum atomic E-state index is 11.8. The summed E-state index contributed by atoms with van der Waals surface area (Å²) in [7, 11) is 0. The van der Waals surface area contributed by atoms with E-state index >= 15 is 0 Å². The molecule has 0 fully saturated rings. The maximum Gasteiger partial charge on any atom is 0.336 e. The van der Waals surface area contributed by atoms with Gasteiger partial charge in [0.1, 0.15) is 11.3 Å². The fraction of sp³-hybridized carbons (Fsp3) is 0.118. The third-order valence-electron chi connectivity index (χ3n) is 3.18. The van der Waals surface area contributed by atoms with E-state index in [1.54, 1.807) is 12.1 Å². The van der Waals surface area contributed by atoms with Crippen molar-refractivity contribution >= 4 is 22.6 Å². The molecule has 21 heavy (non-hydrogen) atoms. The molecule has 3 rings (SSSR count). The number of fused-ring (bicyclic) bond motifs is 1. The number of halogens is 1. The van der Waals surface area contributed by atoms with Gasteiger partial charge in [0, 0.05) is 17.5 Å². The summed E-state index contributed by atoms with van der Waals surface area (Å²) in [5.74, 6) is 0.514. The van der Waals surface area contributed by atoms with Crippen LogP contribution in [-0.4, -0.2) is 6.61 Å². The van der Waals surface area contributed by atoms with Gasteiger partial charge in [0.15, 0.2) is 0 Å². The minimum atomic E-state index is -0.397. The molecule has 2 aromatic carbocycles. The maximum absolute atomic E-state index is 11.8. The molecule has 0 bridgehead atoms. The number of rotatable bonds is 3. The number of hydrogen-bond acceptors (Lipinski definition) is 3. The van der Waals surface area contributed by atoms with Crippen LogP contribution >= 0.6 is 11.6 Å². The van der Waals surface area contributed by atoms with Crippen molar-refractivity contribution in [3.8, 4) is 16.9 Å². The van der Waals surface area contributed by atoms with Crippen LogP contribution in [0.1, 0.15) is 6.92 Å². The number of benzene rings is 2. The molecule has 106 valence electrons. The minimum Gasteiger partial charge on any atom is -0.492 e. The Hall–Kier alpha value is -2.26. The van der Waals surface area contributed by atoms with E-state index in [2.05, 4.69) is 0 Å². The zero-order valence-corrected chi connectivity index (χ0v) is 12.2. The average Bonchev–Trinajstić information content (AvgIpc) is 2.49. The molecule has 0 saturated heterocycles. The first kappa shape index (κ1) is 13.7. The van der Waals surface area contributed by atoms with Crippen molar-refractivity contribution in [2.24, 2.45) is 0 Å². The summed E-state index contributed by atoms with van der Waals surface area (Å²) in [5.41, 5.74) is 1.81. The molecule has 0 unspecified atom stereocenters. The lowest BCUT2D eigenvalue weighted by Crippen LogP contribution is -1.99. The SMILES string of the molecule is CCOc1cc2oc(=O)cc(-c3ccccc3)c2cc1Cl. The molecule has 4 heteroatoms. The molecule has 1 heterocycles. The van der Waals surface area contributed by atoms with Gasteiger partial charge in [0.2, 0.25) is 0 Å².